The van der Waals surface area contributed by atoms with E-state index in [1.165, 1.54) is 4.90 Å². The first kappa shape index (κ1) is 10.4. The van der Waals surface area contributed by atoms with E-state index in [9.17, 15) is 13.6 Å². The second-order valence-corrected chi connectivity index (χ2v) is 3.33. The van der Waals surface area contributed by atoms with E-state index in [0.29, 0.717) is 19.4 Å². The number of hydrogen-bond acceptors (Lipinski definition) is 2. The lowest BCUT2D eigenvalue weighted by Crippen LogP contribution is -2.40. The van der Waals surface area contributed by atoms with Crippen LogP contribution in [0.2, 0.25) is 0 Å². The van der Waals surface area contributed by atoms with E-state index in [1.54, 1.807) is 0 Å². The first-order valence-electron chi connectivity index (χ1n) is 4.33. The molecule has 13 heavy (non-hydrogen) atoms. The van der Waals surface area contributed by atoms with Crippen LogP contribution in [0.25, 0.3) is 0 Å². The molecule has 0 aromatic heterocycles. The van der Waals surface area contributed by atoms with Crippen LogP contribution in [-0.2, 0) is 4.79 Å². The van der Waals surface area contributed by atoms with Crippen LogP contribution in [0.5, 0.6) is 0 Å². The highest BCUT2D eigenvalue weighted by atomic mass is 19.3. The smallest absolute Gasteiger partial charge is 0.307 e. The number of halogens is 2. The van der Waals surface area contributed by atoms with Gasteiger partial charge in [-0.2, -0.15) is 0 Å². The number of piperidine rings is 1. The molecule has 5 heteroatoms. The summed E-state index contributed by atoms with van der Waals surface area (Å²) in [6.07, 6.45) is -1.06. The molecule has 1 heterocycles. The molecule has 1 rings (SSSR count). The Morgan fingerprint density at radius 1 is 1.62 bits per heavy atom. The SMILES string of the molecule is O=C(O)C1CCCN(CC(F)F)C1. The predicted molar refractivity (Wildman–Crippen MR) is 42.8 cm³/mol. The summed E-state index contributed by atoms with van der Waals surface area (Å²) < 4.78 is 23.9. The Bertz CT molecular complexity index is 187. The zero-order chi connectivity index (χ0) is 9.84. The van der Waals surface area contributed by atoms with E-state index < -0.39 is 18.3 Å². The molecule has 1 aliphatic rings. The summed E-state index contributed by atoms with van der Waals surface area (Å²) in [5.74, 6) is -1.34. The Labute approximate surface area is 75.3 Å². The molecule has 1 unspecified atom stereocenters. The number of likely N-dealkylation sites (tertiary alicyclic amines) is 1. The van der Waals surface area contributed by atoms with Crippen molar-refractivity contribution in [3.05, 3.63) is 0 Å². The first-order valence-corrected chi connectivity index (χ1v) is 4.33. The molecule has 0 saturated carbocycles. The van der Waals surface area contributed by atoms with Crippen molar-refractivity contribution < 1.29 is 18.7 Å². The highest BCUT2D eigenvalue weighted by Crippen LogP contribution is 2.17. The average Bonchev–Trinajstić information content (AvgIpc) is 2.03. The van der Waals surface area contributed by atoms with Gasteiger partial charge in [0, 0.05) is 6.54 Å². The molecule has 3 nitrogen and oxygen atoms in total. The predicted octanol–water partition coefficient (Wildman–Crippen LogP) is 1.05. The minimum Gasteiger partial charge on any atom is -0.481 e. The lowest BCUT2D eigenvalue weighted by molar-refractivity contribution is -0.143. The Balaban J connectivity index is 2.37. The van der Waals surface area contributed by atoms with Crippen LogP contribution in [0.4, 0.5) is 8.78 Å². The summed E-state index contributed by atoms with van der Waals surface area (Å²) in [5, 5.41) is 8.68. The first-order chi connectivity index (χ1) is 6.09. The standard InChI is InChI=1S/C8H13F2NO2/c9-7(10)5-11-3-1-2-6(4-11)8(12)13/h6-7H,1-5H2,(H,12,13). The van der Waals surface area contributed by atoms with Crippen molar-refractivity contribution in [1.82, 2.24) is 4.90 Å². The van der Waals surface area contributed by atoms with Gasteiger partial charge in [0.1, 0.15) is 0 Å². The minimum atomic E-state index is -2.37. The molecule has 0 amide bonds. The molecule has 0 bridgehead atoms. The van der Waals surface area contributed by atoms with E-state index in [2.05, 4.69) is 0 Å². The minimum absolute atomic E-state index is 0.264. The van der Waals surface area contributed by atoms with Gasteiger partial charge in [0.15, 0.2) is 0 Å². The molecule has 0 spiro atoms. The molecule has 1 N–H and O–H groups in total. The third-order valence-electron chi connectivity index (χ3n) is 2.25. The Morgan fingerprint density at radius 3 is 2.85 bits per heavy atom. The number of carboxylic acid groups (broad SMARTS) is 1. The molecular weight excluding hydrogens is 180 g/mol. The molecular formula is C8H13F2NO2. The summed E-state index contributed by atoms with van der Waals surface area (Å²) in [5.41, 5.74) is 0. The summed E-state index contributed by atoms with van der Waals surface area (Å²) in [6, 6.07) is 0. The topological polar surface area (TPSA) is 40.5 Å². The zero-order valence-corrected chi connectivity index (χ0v) is 7.25. The highest BCUT2D eigenvalue weighted by molar-refractivity contribution is 5.70. The number of rotatable bonds is 3. The van der Waals surface area contributed by atoms with Crippen molar-refractivity contribution in [3.63, 3.8) is 0 Å². The lowest BCUT2D eigenvalue weighted by Gasteiger charge is -2.30. The maximum Gasteiger partial charge on any atom is 0.307 e. The number of hydrogen-bond donors (Lipinski definition) is 1. The molecule has 1 aliphatic heterocycles. The summed E-state index contributed by atoms with van der Waals surface area (Å²) in [4.78, 5) is 12.1. The van der Waals surface area contributed by atoms with Crippen LogP contribution in [-0.4, -0.2) is 42.0 Å². The number of alkyl halides is 2. The fourth-order valence-electron chi connectivity index (χ4n) is 1.62. The van der Waals surface area contributed by atoms with Crippen molar-refractivity contribution in [2.24, 2.45) is 5.92 Å². The van der Waals surface area contributed by atoms with Gasteiger partial charge < -0.3 is 5.11 Å². The molecule has 76 valence electrons. The van der Waals surface area contributed by atoms with Crippen LogP contribution in [0.3, 0.4) is 0 Å². The van der Waals surface area contributed by atoms with E-state index in [-0.39, 0.29) is 13.1 Å². The quantitative estimate of drug-likeness (QED) is 0.728. The number of carbonyl (C=O) groups is 1. The van der Waals surface area contributed by atoms with Gasteiger partial charge in [-0.3, -0.25) is 9.69 Å². The third kappa shape index (κ3) is 3.26. The third-order valence-corrected chi connectivity index (χ3v) is 2.25. The largest absolute Gasteiger partial charge is 0.481 e. The van der Waals surface area contributed by atoms with Crippen LogP contribution in [0.15, 0.2) is 0 Å². The van der Waals surface area contributed by atoms with E-state index in [4.69, 9.17) is 5.11 Å². The summed E-state index contributed by atoms with van der Waals surface area (Å²) >= 11 is 0. The zero-order valence-electron chi connectivity index (χ0n) is 7.25. The molecule has 1 atom stereocenters. The van der Waals surface area contributed by atoms with Crippen molar-refractivity contribution in [3.8, 4) is 0 Å². The second kappa shape index (κ2) is 4.50. The van der Waals surface area contributed by atoms with Crippen molar-refractivity contribution in [2.75, 3.05) is 19.6 Å². The fraction of sp³-hybridized carbons (Fsp3) is 0.875. The summed E-state index contributed by atoms with van der Waals surface area (Å²) in [6.45, 7) is 0.553. The molecule has 0 aliphatic carbocycles. The number of carboxylic acids is 1. The monoisotopic (exact) mass is 193 g/mol. The van der Waals surface area contributed by atoms with Crippen LogP contribution >= 0.6 is 0 Å². The van der Waals surface area contributed by atoms with Crippen LogP contribution < -0.4 is 0 Å². The van der Waals surface area contributed by atoms with Gasteiger partial charge in [-0.05, 0) is 19.4 Å². The molecule has 1 fully saturated rings. The van der Waals surface area contributed by atoms with E-state index >= 15 is 0 Å². The van der Waals surface area contributed by atoms with Crippen LogP contribution in [0, 0.1) is 5.92 Å². The van der Waals surface area contributed by atoms with Gasteiger partial charge >= 0.3 is 5.97 Å². The Morgan fingerprint density at radius 2 is 2.31 bits per heavy atom. The average molecular weight is 193 g/mol. The molecule has 0 aromatic rings. The maximum absolute atomic E-state index is 12.0. The van der Waals surface area contributed by atoms with Gasteiger partial charge in [-0.25, -0.2) is 8.78 Å². The molecule has 0 aromatic carbocycles. The van der Waals surface area contributed by atoms with Crippen molar-refractivity contribution >= 4 is 5.97 Å². The normalized spacial score (nSPS) is 25.0. The Kier molecular flexibility index (Phi) is 3.59. The lowest BCUT2D eigenvalue weighted by atomic mass is 9.98. The highest BCUT2D eigenvalue weighted by Gasteiger charge is 2.26. The number of aliphatic carboxylic acids is 1. The van der Waals surface area contributed by atoms with Gasteiger partial charge in [0.2, 0.25) is 0 Å². The van der Waals surface area contributed by atoms with Gasteiger partial charge in [-0.15, -0.1) is 0 Å². The van der Waals surface area contributed by atoms with Gasteiger partial charge in [-0.1, -0.05) is 0 Å². The second-order valence-electron chi connectivity index (χ2n) is 3.33. The summed E-state index contributed by atoms with van der Waals surface area (Å²) in [7, 11) is 0. The van der Waals surface area contributed by atoms with E-state index in [1.807, 2.05) is 0 Å². The van der Waals surface area contributed by atoms with Crippen molar-refractivity contribution in [2.45, 2.75) is 19.3 Å². The van der Waals surface area contributed by atoms with Crippen LogP contribution in [0.1, 0.15) is 12.8 Å². The van der Waals surface area contributed by atoms with E-state index in [0.717, 1.165) is 0 Å². The maximum atomic E-state index is 12.0. The molecule has 0 radical (unpaired) electrons. The van der Waals surface area contributed by atoms with Gasteiger partial charge in [0.25, 0.3) is 6.43 Å². The fourth-order valence-corrected chi connectivity index (χ4v) is 1.62. The molecule has 1 saturated heterocycles. The Hall–Kier alpha value is -0.710. The van der Waals surface area contributed by atoms with Gasteiger partial charge in [0.05, 0.1) is 12.5 Å². The van der Waals surface area contributed by atoms with Crippen molar-refractivity contribution in [1.29, 1.82) is 0 Å². The number of nitrogens with zero attached hydrogens (tertiary/aromatic N) is 1.